The molecule has 0 aromatic rings. The average molecular weight is 252 g/mol. The van der Waals surface area contributed by atoms with E-state index in [0.717, 1.165) is 19.4 Å². The van der Waals surface area contributed by atoms with Crippen molar-refractivity contribution >= 4 is 0 Å². The van der Waals surface area contributed by atoms with Crippen LogP contribution in [0.1, 0.15) is 57.8 Å². The predicted octanol–water partition coefficient (Wildman–Crippen LogP) is 1.90. The molecule has 2 aliphatic heterocycles. The van der Waals surface area contributed by atoms with Crippen LogP contribution in [0.2, 0.25) is 0 Å². The van der Waals surface area contributed by atoms with E-state index in [9.17, 15) is 5.11 Å². The van der Waals surface area contributed by atoms with E-state index < -0.39 is 0 Å². The Hall–Kier alpha value is -0.120. The van der Waals surface area contributed by atoms with Crippen LogP contribution < -0.4 is 5.32 Å². The minimum atomic E-state index is -0.376. The number of nitrogens with zero attached hydrogens (tertiary/aromatic N) is 1. The molecule has 1 saturated carbocycles. The van der Waals surface area contributed by atoms with Gasteiger partial charge in [0, 0.05) is 18.6 Å². The molecule has 18 heavy (non-hydrogen) atoms. The summed E-state index contributed by atoms with van der Waals surface area (Å²) in [5.41, 5.74) is -0.376. The highest BCUT2D eigenvalue weighted by Gasteiger charge is 2.38. The first-order chi connectivity index (χ1) is 8.77. The summed E-state index contributed by atoms with van der Waals surface area (Å²) in [7, 11) is 0. The summed E-state index contributed by atoms with van der Waals surface area (Å²) in [4.78, 5) is 2.59. The lowest BCUT2D eigenvalue weighted by molar-refractivity contribution is -0.0313. The molecule has 2 unspecified atom stereocenters. The summed E-state index contributed by atoms with van der Waals surface area (Å²) in [6.07, 6.45) is 11.1. The fourth-order valence-corrected chi connectivity index (χ4v) is 4.29. The number of hydrogen-bond donors (Lipinski definition) is 2. The average Bonchev–Trinajstić information content (AvgIpc) is 2.99. The molecule has 0 aromatic heterocycles. The molecule has 2 saturated heterocycles. The maximum absolute atomic E-state index is 10.7. The summed E-state index contributed by atoms with van der Waals surface area (Å²) in [5, 5.41) is 14.4. The van der Waals surface area contributed by atoms with Gasteiger partial charge in [-0.05, 0) is 51.6 Å². The minimum Gasteiger partial charge on any atom is -0.389 e. The van der Waals surface area contributed by atoms with E-state index in [1.165, 1.54) is 58.0 Å². The highest BCUT2D eigenvalue weighted by Crippen LogP contribution is 2.32. The molecule has 0 bridgehead atoms. The molecule has 2 heterocycles. The zero-order chi connectivity index (χ0) is 12.4. The number of aliphatic hydroxyl groups is 1. The van der Waals surface area contributed by atoms with Crippen LogP contribution in [0.4, 0.5) is 0 Å². The van der Waals surface area contributed by atoms with Crippen molar-refractivity contribution < 1.29 is 5.11 Å². The first-order valence-electron chi connectivity index (χ1n) is 7.97. The Bertz CT molecular complexity index is 270. The maximum Gasteiger partial charge on any atom is 0.0774 e. The Balaban J connectivity index is 1.60. The van der Waals surface area contributed by atoms with E-state index >= 15 is 0 Å². The second-order valence-corrected chi connectivity index (χ2v) is 6.67. The van der Waals surface area contributed by atoms with Crippen LogP contribution in [0.15, 0.2) is 0 Å². The van der Waals surface area contributed by atoms with Gasteiger partial charge < -0.3 is 10.4 Å². The van der Waals surface area contributed by atoms with E-state index in [1.54, 1.807) is 0 Å². The third-order valence-corrected chi connectivity index (χ3v) is 5.26. The van der Waals surface area contributed by atoms with Gasteiger partial charge in [0.15, 0.2) is 0 Å². The highest BCUT2D eigenvalue weighted by atomic mass is 16.3. The number of hydrogen-bond acceptors (Lipinski definition) is 3. The van der Waals surface area contributed by atoms with Crippen LogP contribution in [0, 0.1) is 0 Å². The van der Waals surface area contributed by atoms with E-state index in [2.05, 4.69) is 10.2 Å². The molecule has 0 amide bonds. The molecule has 104 valence electrons. The third-order valence-electron chi connectivity index (χ3n) is 5.26. The molecule has 3 heteroatoms. The molecule has 2 N–H and O–H groups in total. The van der Waals surface area contributed by atoms with Gasteiger partial charge in [-0.15, -0.1) is 0 Å². The second kappa shape index (κ2) is 5.48. The van der Waals surface area contributed by atoms with Gasteiger partial charge >= 0.3 is 0 Å². The van der Waals surface area contributed by atoms with Gasteiger partial charge in [0.25, 0.3) is 0 Å². The summed E-state index contributed by atoms with van der Waals surface area (Å²) in [6, 6.07) is 1.39. The lowest BCUT2D eigenvalue weighted by atomic mass is 9.84. The van der Waals surface area contributed by atoms with Crippen molar-refractivity contribution in [3.05, 3.63) is 0 Å². The van der Waals surface area contributed by atoms with Crippen molar-refractivity contribution in [2.24, 2.45) is 0 Å². The molecule has 0 aromatic carbocycles. The summed E-state index contributed by atoms with van der Waals surface area (Å²) in [5.74, 6) is 0. The molecule has 3 rings (SSSR count). The zero-order valence-corrected chi connectivity index (χ0v) is 11.5. The van der Waals surface area contributed by atoms with Gasteiger partial charge in [-0.3, -0.25) is 4.90 Å². The SMILES string of the molecule is OC1(CN2CCCC2C2CCCN2)CCCCC1. The molecule has 0 radical (unpaired) electrons. The van der Waals surface area contributed by atoms with Gasteiger partial charge in [-0.2, -0.15) is 0 Å². The van der Waals surface area contributed by atoms with Crippen LogP contribution in [-0.4, -0.2) is 47.3 Å². The topological polar surface area (TPSA) is 35.5 Å². The first-order valence-corrected chi connectivity index (χ1v) is 7.97. The quantitative estimate of drug-likeness (QED) is 0.805. The standard InChI is InChI=1S/C15H28N2O/c18-15(8-2-1-3-9-15)12-17-11-5-7-14(17)13-6-4-10-16-13/h13-14,16,18H,1-12H2. The monoisotopic (exact) mass is 252 g/mol. The smallest absolute Gasteiger partial charge is 0.0774 e. The minimum absolute atomic E-state index is 0.376. The highest BCUT2D eigenvalue weighted by molar-refractivity contribution is 4.95. The molecular weight excluding hydrogens is 224 g/mol. The number of nitrogens with one attached hydrogen (secondary N) is 1. The van der Waals surface area contributed by atoms with Crippen molar-refractivity contribution in [3.8, 4) is 0 Å². The zero-order valence-electron chi connectivity index (χ0n) is 11.5. The lowest BCUT2D eigenvalue weighted by Gasteiger charge is -2.39. The molecule has 2 atom stereocenters. The second-order valence-electron chi connectivity index (χ2n) is 6.67. The number of likely N-dealkylation sites (tertiary alicyclic amines) is 1. The fourth-order valence-electron chi connectivity index (χ4n) is 4.29. The van der Waals surface area contributed by atoms with Crippen LogP contribution in [0.25, 0.3) is 0 Å². The van der Waals surface area contributed by atoms with Crippen molar-refractivity contribution in [3.63, 3.8) is 0 Å². The van der Waals surface area contributed by atoms with Gasteiger partial charge in [0.2, 0.25) is 0 Å². The maximum atomic E-state index is 10.7. The molecule has 1 aliphatic carbocycles. The van der Waals surface area contributed by atoms with E-state index in [1.807, 2.05) is 0 Å². The van der Waals surface area contributed by atoms with Crippen LogP contribution in [-0.2, 0) is 0 Å². The first kappa shape index (κ1) is 12.9. The van der Waals surface area contributed by atoms with E-state index in [0.29, 0.717) is 12.1 Å². The van der Waals surface area contributed by atoms with E-state index in [-0.39, 0.29) is 5.60 Å². The summed E-state index contributed by atoms with van der Waals surface area (Å²) >= 11 is 0. The van der Waals surface area contributed by atoms with E-state index in [4.69, 9.17) is 0 Å². The van der Waals surface area contributed by atoms with Crippen molar-refractivity contribution in [1.82, 2.24) is 10.2 Å². The molecular formula is C15H28N2O. The van der Waals surface area contributed by atoms with Gasteiger partial charge in [-0.25, -0.2) is 0 Å². The Morgan fingerprint density at radius 3 is 2.61 bits per heavy atom. The molecule has 3 nitrogen and oxygen atoms in total. The Morgan fingerprint density at radius 2 is 1.89 bits per heavy atom. The Labute approximate surface area is 111 Å². The van der Waals surface area contributed by atoms with Crippen molar-refractivity contribution in [2.75, 3.05) is 19.6 Å². The predicted molar refractivity (Wildman–Crippen MR) is 73.7 cm³/mol. The molecule has 0 spiro atoms. The normalized spacial score (nSPS) is 37.2. The lowest BCUT2D eigenvalue weighted by Crippen LogP contribution is -2.51. The van der Waals surface area contributed by atoms with Gasteiger partial charge in [0.1, 0.15) is 0 Å². The van der Waals surface area contributed by atoms with Crippen molar-refractivity contribution in [2.45, 2.75) is 75.5 Å². The Morgan fingerprint density at radius 1 is 1.06 bits per heavy atom. The largest absolute Gasteiger partial charge is 0.389 e. The third kappa shape index (κ3) is 2.73. The summed E-state index contributed by atoms with van der Waals surface area (Å²) < 4.78 is 0. The molecule has 3 fully saturated rings. The van der Waals surface area contributed by atoms with Crippen LogP contribution in [0.3, 0.4) is 0 Å². The Kier molecular flexibility index (Phi) is 3.92. The number of rotatable bonds is 3. The number of β-amino-alcohol motifs (C(OH)–C–C–N with tert-alkyl or cyclic N) is 1. The van der Waals surface area contributed by atoms with Crippen LogP contribution >= 0.6 is 0 Å². The fraction of sp³-hybridized carbons (Fsp3) is 1.00. The van der Waals surface area contributed by atoms with Gasteiger partial charge in [0.05, 0.1) is 5.60 Å². The van der Waals surface area contributed by atoms with Crippen molar-refractivity contribution in [1.29, 1.82) is 0 Å². The summed E-state index contributed by atoms with van der Waals surface area (Å²) in [6.45, 7) is 3.32. The van der Waals surface area contributed by atoms with Crippen LogP contribution in [0.5, 0.6) is 0 Å². The molecule has 3 aliphatic rings. The van der Waals surface area contributed by atoms with Gasteiger partial charge in [-0.1, -0.05) is 19.3 Å².